The van der Waals surface area contributed by atoms with Crippen LogP contribution in [0.2, 0.25) is 0 Å². The molecule has 0 aromatic heterocycles. The molecule has 1 unspecified atom stereocenters. The number of likely N-dealkylation sites (tertiary alicyclic amines) is 1. The van der Waals surface area contributed by atoms with Gasteiger partial charge < -0.3 is 5.11 Å². The van der Waals surface area contributed by atoms with Crippen LogP contribution in [0.4, 0.5) is 8.78 Å². The molecule has 1 N–H and O–H groups in total. The quantitative estimate of drug-likeness (QED) is 0.852. The molecule has 1 saturated heterocycles. The molecular weight excluding hydrogens is 212 g/mol. The van der Waals surface area contributed by atoms with E-state index in [0.717, 1.165) is 31.5 Å². The first-order chi connectivity index (χ1) is 7.70. The van der Waals surface area contributed by atoms with E-state index in [1.807, 2.05) is 4.90 Å². The molecule has 0 amide bonds. The van der Waals surface area contributed by atoms with Crippen molar-refractivity contribution < 1.29 is 13.9 Å². The monoisotopic (exact) mass is 227 g/mol. The topological polar surface area (TPSA) is 23.5 Å². The second kappa shape index (κ2) is 4.89. The second-order valence-corrected chi connectivity index (χ2v) is 4.18. The van der Waals surface area contributed by atoms with Gasteiger partial charge in [-0.25, -0.2) is 8.78 Å². The van der Waals surface area contributed by atoms with Crippen LogP contribution >= 0.6 is 0 Å². The Morgan fingerprint density at radius 3 is 2.94 bits per heavy atom. The first-order valence-electron chi connectivity index (χ1n) is 5.49. The van der Waals surface area contributed by atoms with Crippen molar-refractivity contribution in [3.8, 4) is 0 Å². The summed E-state index contributed by atoms with van der Waals surface area (Å²) in [7, 11) is 0. The van der Waals surface area contributed by atoms with Crippen LogP contribution in [0.1, 0.15) is 18.4 Å². The highest BCUT2D eigenvalue weighted by Gasteiger charge is 2.24. The summed E-state index contributed by atoms with van der Waals surface area (Å²) in [6.07, 6.45) is 1.93. The van der Waals surface area contributed by atoms with Crippen LogP contribution in [0, 0.1) is 11.6 Å². The maximum absolute atomic E-state index is 13.4. The van der Waals surface area contributed by atoms with E-state index in [1.165, 1.54) is 6.07 Å². The lowest BCUT2D eigenvalue weighted by Crippen LogP contribution is -2.31. The maximum atomic E-state index is 13.4. The lowest BCUT2D eigenvalue weighted by atomic mass is 10.1. The first-order valence-corrected chi connectivity index (χ1v) is 5.49. The number of aliphatic hydroxyl groups excluding tert-OH is 1. The molecular formula is C12H15F2NO. The van der Waals surface area contributed by atoms with E-state index in [4.69, 9.17) is 5.11 Å². The van der Waals surface area contributed by atoms with Gasteiger partial charge in [-0.3, -0.25) is 4.90 Å². The molecule has 0 bridgehead atoms. The summed E-state index contributed by atoms with van der Waals surface area (Å²) in [5.74, 6) is -0.805. The minimum Gasteiger partial charge on any atom is -0.395 e. The molecule has 0 aliphatic carbocycles. The Morgan fingerprint density at radius 1 is 1.38 bits per heavy atom. The zero-order valence-electron chi connectivity index (χ0n) is 9.00. The molecule has 0 radical (unpaired) electrons. The highest BCUT2D eigenvalue weighted by molar-refractivity contribution is 5.18. The van der Waals surface area contributed by atoms with Crippen LogP contribution in [0.15, 0.2) is 18.2 Å². The molecule has 1 aliphatic heterocycles. The normalized spacial score (nSPS) is 21.6. The van der Waals surface area contributed by atoms with Crippen LogP contribution in [0.5, 0.6) is 0 Å². The number of halogens is 2. The van der Waals surface area contributed by atoms with Gasteiger partial charge in [0.1, 0.15) is 11.6 Å². The van der Waals surface area contributed by atoms with Gasteiger partial charge in [0.15, 0.2) is 0 Å². The van der Waals surface area contributed by atoms with Gasteiger partial charge in [-0.2, -0.15) is 0 Å². The highest BCUT2D eigenvalue weighted by atomic mass is 19.1. The predicted octanol–water partition coefficient (Wildman–Crippen LogP) is 1.92. The lowest BCUT2D eigenvalue weighted by molar-refractivity contribution is 0.152. The smallest absolute Gasteiger partial charge is 0.127 e. The van der Waals surface area contributed by atoms with Gasteiger partial charge in [0.05, 0.1) is 6.61 Å². The molecule has 2 nitrogen and oxygen atoms in total. The van der Waals surface area contributed by atoms with Crippen molar-refractivity contribution in [3.05, 3.63) is 35.4 Å². The molecule has 16 heavy (non-hydrogen) atoms. The SMILES string of the molecule is OCC1CCCN1Cc1cc(F)ccc1F. The number of nitrogens with zero attached hydrogens (tertiary/aromatic N) is 1. The summed E-state index contributed by atoms with van der Waals surface area (Å²) in [4.78, 5) is 2.00. The lowest BCUT2D eigenvalue weighted by Gasteiger charge is -2.22. The van der Waals surface area contributed by atoms with Gasteiger partial charge in [-0.1, -0.05) is 0 Å². The van der Waals surface area contributed by atoms with E-state index >= 15 is 0 Å². The van der Waals surface area contributed by atoms with Crippen molar-refractivity contribution >= 4 is 0 Å². The van der Waals surface area contributed by atoms with Crippen molar-refractivity contribution in [2.75, 3.05) is 13.2 Å². The Hall–Kier alpha value is -1.00. The molecule has 1 aromatic rings. The van der Waals surface area contributed by atoms with Crippen molar-refractivity contribution in [1.82, 2.24) is 4.90 Å². The summed E-state index contributed by atoms with van der Waals surface area (Å²) in [6.45, 7) is 1.28. The number of hydrogen-bond donors (Lipinski definition) is 1. The Bertz CT molecular complexity index is 370. The van der Waals surface area contributed by atoms with Crippen molar-refractivity contribution in [3.63, 3.8) is 0 Å². The zero-order chi connectivity index (χ0) is 11.5. The van der Waals surface area contributed by atoms with Crippen LogP contribution < -0.4 is 0 Å². The fourth-order valence-electron chi connectivity index (χ4n) is 2.19. The first kappa shape index (κ1) is 11.5. The fraction of sp³-hybridized carbons (Fsp3) is 0.500. The highest BCUT2D eigenvalue weighted by Crippen LogP contribution is 2.21. The van der Waals surface area contributed by atoms with Gasteiger partial charge in [0.2, 0.25) is 0 Å². The molecule has 2 rings (SSSR count). The summed E-state index contributed by atoms with van der Waals surface area (Å²) >= 11 is 0. The number of rotatable bonds is 3. The summed E-state index contributed by atoms with van der Waals surface area (Å²) < 4.78 is 26.4. The summed E-state index contributed by atoms with van der Waals surface area (Å²) in [6, 6.07) is 3.58. The molecule has 1 aromatic carbocycles. The Morgan fingerprint density at radius 2 is 2.19 bits per heavy atom. The minimum atomic E-state index is -0.420. The Kier molecular flexibility index (Phi) is 3.51. The van der Waals surface area contributed by atoms with Gasteiger partial charge in [-0.15, -0.1) is 0 Å². The van der Waals surface area contributed by atoms with E-state index in [1.54, 1.807) is 0 Å². The van der Waals surface area contributed by atoms with E-state index in [2.05, 4.69) is 0 Å². The Balaban J connectivity index is 2.11. The van der Waals surface area contributed by atoms with Crippen molar-refractivity contribution in [2.24, 2.45) is 0 Å². The van der Waals surface area contributed by atoms with E-state index < -0.39 is 5.82 Å². The maximum Gasteiger partial charge on any atom is 0.127 e. The van der Waals surface area contributed by atoms with Crippen LogP contribution in [-0.4, -0.2) is 29.2 Å². The zero-order valence-corrected chi connectivity index (χ0v) is 9.00. The molecule has 0 spiro atoms. The standard InChI is InChI=1S/C12H15F2NO/c13-10-3-4-12(14)9(6-10)7-15-5-1-2-11(15)8-16/h3-4,6,11,16H,1-2,5,7-8H2. The van der Waals surface area contributed by atoms with E-state index in [-0.39, 0.29) is 18.5 Å². The van der Waals surface area contributed by atoms with Gasteiger partial charge in [0, 0.05) is 18.2 Å². The molecule has 88 valence electrons. The largest absolute Gasteiger partial charge is 0.395 e. The number of benzene rings is 1. The average Bonchev–Trinajstić information content (AvgIpc) is 2.71. The van der Waals surface area contributed by atoms with Gasteiger partial charge in [-0.05, 0) is 37.6 Å². The van der Waals surface area contributed by atoms with E-state index in [0.29, 0.717) is 12.1 Å². The molecule has 1 aliphatic rings. The minimum absolute atomic E-state index is 0.0803. The number of hydrogen-bond acceptors (Lipinski definition) is 2. The third kappa shape index (κ3) is 2.39. The molecule has 1 heterocycles. The van der Waals surface area contributed by atoms with Crippen LogP contribution in [0.25, 0.3) is 0 Å². The van der Waals surface area contributed by atoms with Crippen LogP contribution in [0.3, 0.4) is 0 Å². The van der Waals surface area contributed by atoms with E-state index in [9.17, 15) is 8.78 Å². The summed E-state index contributed by atoms with van der Waals surface area (Å²) in [5.41, 5.74) is 0.361. The fourth-order valence-corrected chi connectivity index (χ4v) is 2.19. The molecule has 1 atom stereocenters. The molecule has 1 fully saturated rings. The second-order valence-electron chi connectivity index (χ2n) is 4.18. The van der Waals surface area contributed by atoms with Gasteiger partial charge >= 0.3 is 0 Å². The molecule has 0 saturated carbocycles. The van der Waals surface area contributed by atoms with Crippen molar-refractivity contribution in [2.45, 2.75) is 25.4 Å². The van der Waals surface area contributed by atoms with Gasteiger partial charge in [0.25, 0.3) is 0 Å². The summed E-state index contributed by atoms with van der Waals surface area (Å²) in [5, 5.41) is 9.13. The Labute approximate surface area is 93.5 Å². The van der Waals surface area contributed by atoms with Crippen molar-refractivity contribution in [1.29, 1.82) is 0 Å². The average molecular weight is 227 g/mol. The third-order valence-corrected chi connectivity index (χ3v) is 3.09. The molecule has 4 heteroatoms. The van der Waals surface area contributed by atoms with Crippen LogP contribution in [-0.2, 0) is 6.54 Å². The third-order valence-electron chi connectivity index (χ3n) is 3.09. The number of aliphatic hydroxyl groups is 1. The predicted molar refractivity (Wildman–Crippen MR) is 56.9 cm³/mol.